The summed E-state index contributed by atoms with van der Waals surface area (Å²) in [5.41, 5.74) is 2.54. The molecule has 0 fully saturated rings. The van der Waals surface area contributed by atoms with Crippen LogP contribution in [-0.4, -0.2) is 18.2 Å². The van der Waals surface area contributed by atoms with Crippen LogP contribution in [0.2, 0.25) is 10.0 Å². The minimum Gasteiger partial charge on any atom is -0.479 e. The monoisotopic (exact) mass is 354 g/mol. The van der Waals surface area contributed by atoms with Gasteiger partial charge >= 0.3 is 0 Å². The summed E-state index contributed by atoms with van der Waals surface area (Å²) < 4.78 is 18.8. The third kappa shape index (κ3) is 4.94. The minimum absolute atomic E-state index is 0.266. The highest BCUT2D eigenvalue weighted by Gasteiger charge is 2.15. The van der Waals surface area contributed by atoms with Gasteiger partial charge in [0.05, 0.1) is 11.2 Å². The fourth-order valence-corrected chi connectivity index (χ4v) is 2.10. The number of ether oxygens (including phenoxy) is 1. The summed E-state index contributed by atoms with van der Waals surface area (Å²) in [6, 6.07) is 10.8. The molecule has 1 unspecified atom stereocenters. The second-order valence-corrected chi connectivity index (χ2v) is 5.43. The van der Waals surface area contributed by atoms with E-state index >= 15 is 0 Å². The van der Waals surface area contributed by atoms with Gasteiger partial charge in [-0.3, -0.25) is 4.79 Å². The third-order valence-electron chi connectivity index (χ3n) is 2.85. The van der Waals surface area contributed by atoms with Crippen molar-refractivity contribution in [3.8, 4) is 5.75 Å². The molecular formula is C16H13Cl2FN2O2. The molecule has 1 atom stereocenters. The number of benzene rings is 2. The Kier molecular flexibility index (Phi) is 5.96. The predicted molar refractivity (Wildman–Crippen MR) is 88.7 cm³/mol. The molecule has 1 amide bonds. The summed E-state index contributed by atoms with van der Waals surface area (Å²) in [6.07, 6.45) is 0.376. The Morgan fingerprint density at radius 3 is 2.74 bits per heavy atom. The molecule has 0 saturated heterocycles. The smallest absolute Gasteiger partial charge is 0.280 e. The number of nitrogens with zero attached hydrogens (tertiary/aromatic N) is 1. The summed E-state index contributed by atoms with van der Waals surface area (Å²) in [6.45, 7) is 1.54. The van der Waals surface area contributed by atoms with Crippen LogP contribution in [0.5, 0.6) is 5.75 Å². The maximum Gasteiger partial charge on any atom is 0.280 e. The molecule has 7 heteroatoms. The quantitative estimate of drug-likeness (QED) is 0.650. The van der Waals surface area contributed by atoms with E-state index in [-0.39, 0.29) is 5.56 Å². The highest BCUT2D eigenvalue weighted by molar-refractivity contribution is 6.35. The first-order valence-corrected chi connectivity index (χ1v) is 7.42. The Labute approximate surface area is 142 Å². The van der Waals surface area contributed by atoms with E-state index in [0.717, 1.165) is 0 Å². The number of rotatable bonds is 5. The lowest BCUT2D eigenvalue weighted by atomic mass is 10.2. The van der Waals surface area contributed by atoms with Crippen LogP contribution in [0, 0.1) is 5.82 Å². The molecule has 1 N–H and O–H groups in total. The Bertz CT molecular complexity index is 738. The van der Waals surface area contributed by atoms with Gasteiger partial charge in [-0.25, -0.2) is 9.82 Å². The maximum atomic E-state index is 13.4. The fraction of sp³-hybridized carbons (Fsp3) is 0.125. The van der Waals surface area contributed by atoms with Gasteiger partial charge in [-0.1, -0.05) is 41.4 Å². The highest BCUT2D eigenvalue weighted by atomic mass is 35.5. The number of carbonyl (C=O) groups is 1. The summed E-state index contributed by atoms with van der Waals surface area (Å²) in [4.78, 5) is 11.9. The first kappa shape index (κ1) is 17.2. The van der Waals surface area contributed by atoms with Crippen LogP contribution in [0.3, 0.4) is 0 Å². The summed E-state index contributed by atoms with van der Waals surface area (Å²) in [5, 5.41) is 4.47. The van der Waals surface area contributed by atoms with Crippen molar-refractivity contribution < 1.29 is 13.9 Å². The number of carbonyl (C=O) groups excluding carboxylic acids is 1. The Hall–Kier alpha value is -2.11. The van der Waals surface area contributed by atoms with E-state index in [1.165, 1.54) is 18.3 Å². The molecular weight excluding hydrogens is 342 g/mol. The van der Waals surface area contributed by atoms with Crippen molar-refractivity contribution in [3.05, 3.63) is 63.9 Å². The van der Waals surface area contributed by atoms with Crippen LogP contribution in [-0.2, 0) is 4.79 Å². The van der Waals surface area contributed by atoms with Gasteiger partial charge in [-0.2, -0.15) is 5.10 Å². The second kappa shape index (κ2) is 7.94. The number of hydrogen-bond donors (Lipinski definition) is 1. The van der Waals surface area contributed by atoms with E-state index in [4.69, 9.17) is 27.9 Å². The molecule has 0 aliphatic carbocycles. The van der Waals surface area contributed by atoms with Gasteiger partial charge in [-0.15, -0.1) is 0 Å². The molecule has 2 aromatic carbocycles. The van der Waals surface area contributed by atoms with E-state index in [0.29, 0.717) is 15.8 Å². The van der Waals surface area contributed by atoms with Crippen molar-refractivity contribution >= 4 is 35.3 Å². The number of amides is 1. The normalized spacial score (nSPS) is 12.2. The van der Waals surface area contributed by atoms with E-state index in [2.05, 4.69) is 10.5 Å². The first-order valence-electron chi connectivity index (χ1n) is 6.66. The summed E-state index contributed by atoms with van der Waals surface area (Å²) in [5.74, 6) is -0.594. The third-order valence-corrected chi connectivity index (χ3v) is 3.38. The van der Waals surface area contributed by atoms with Gasteiger partial charge in [0.2, 0.25) is 0 Å². The van der Waals surface area contributed by atoms with Crippen molar-refractivity contribution in [1.82, 2.24) is 5.43 Å². The van der Waals surface area contributed by atoms with Crippen LogP contribution in [0.25, 0.3) is 0 Å². The average molecular weight is 355 g/mol. The molecule has 0 spiro atoms. The lowest BCUT2D eigenvalue weighted by Gasteiger charge is -2.14. The lowest BCUT2D eigenvalue weighted by Crippen LogP contribution is -2.33. The molecule has 120 valence electrons. The van der Waals surface area contributed by atoms with E-state index in [1.54, 1.807) is 37.3 Å². The Balaban J connectivity index is 1.94. The van der Waals surface area contributed by atoms with Gasteiger partial charge in [0.1, 0.15) is 11.6 Å². The topological polar surface area (TPSA) is 50.7 Å². The van der Waals surface area contributed by atoms with Crippen molar-refractivity contribution in [2.45, 2.75) is 13.0 Å². The van der Waals surface area contributed by atoms with Crippen LogP contribution >= 0.6 is 23.2 Å². The minimum atomic E-state index is -0.841. The molecule has 2 aromatic rings. The first-order chi connectivity index (χ1) is 11.0. The number of hydrazone groups is 1. The van der Waals surface area contributed by atoms with E-state index in [9.17, 15) is 9.18 Å². The van der Waals surface area contributed by atoms with Crippen molar-refractivity contribution in [2.24, 2.45) is 5.10 Å². The zero-order valence-corrected chi connectivity index (χ0v) is 13.6. The molecule has 4 nitrogen and oxygen atoms in total. The van der Waals surface area contributed by atoms with Crippen molar-refractivity contribution in [3.63, 3.8) is 0 Å². The zero-order chi connectivity index (χ0) is 16.8. The van der Waals surface area contributed by atoms with Crippen LogP contribution < -0.4 is 10.2 Å². The van der Waals surface area contributed by atoms with E-state index < -0.39 is 17.8 Å². The van der Waals surface area contributed by atoms with Crippen molar-refractivity contribution in [2.75, 3.05) is 0 Å². The molecule has 0 aliphatic heterocycles. The number of halogens is 3. The van der Waals surface area contributed by atoms with Gasteiger partial charge in [-0.05, 0) is 31.2 Å². The van der Waals surface area contributed by atoms with Crippen LogP contribution in [0.4, 0.5) is 4.39 Å². The largest absolute Gasteiger partial charge is 0.479 e. The van der Waals surface area contributed by atoms with Gasteiger partial charge < -0.3 is 4.74 Å². The number of nitrogens with one attached hydrogen (secondary N) is 1. The molecule has 0 bridgehead atoms. The summed E-state index contributed by atoms with van der Waals surface area (Å²) >= 11 is 11.8. The van der Waals surface area contributed by atoms with Gasteiger partial charge in [0.25, 0.3) is 5.91 Å². The molecule has 0 aromatic heterocycles. The SMILES string of the molecule is CC(Oc1ccc(Cl)cc1Cl)C(=O)NN=Cc1ccccc1F. The zero-order valence-electron chi connectivity index (χ0n) is 12.1. The molecule has 0 radical (unpaired) electrons. The molecule has 0 aliphatic rings. The number of hydrogen-bond acceptors (Lipinski definition) is 3. The molecule has 0 saturated carbocycles. The molecule has 2 rings (SSSR count). The molecule has 0 heterocycles. The summed E-state index contributed by atoms with van der Waals surface area (Å²) in [7, 11) is 0. The fourth-order valence-electron chi connectivity index (χ4n) is 1.65. The standard InChI is InChI=1S/C16H13Cl2FN2O2/c1-10(23-15-7-6-12(17)8-13(15)18)16(22)21-20-9-11-4-2-3-5-14(11)19/h2-10H,1H3,(H,21,22). The van der Waals surface area contributed by atoms with Gasteiger partial charge in [0.15, 0.2) is 6.10 Å². The Morgan fingerprint density at radius 1 is 1.30 bits per heavy atom. The Morgan fingerprint density at radius 2 is 2.04 bits per heavy atom. The lowest BCUT2D eigenvalue weighted by molar-refractivity contribution is -0.127. The molecule has 23 heavy (non-hydrogen) atoms. The predicted octanol–water partition coefficient (Wildman–Crippen LogP) is 4.05. The van der Waals surface area contributed by atoms with Gasteiger partial charge in [0, 0.05) is 10.6 Å². The van der Waals surface area contributed by atoms with E-state index in [1.807, 2.05) is 0 Å². The van der Waals surface area contributed by atoms with Crippen LogP contribution in [0.1, 0.15) is 12.5 Å². The van der Waals surface area contributed by atoms with Crippen LogP contribution in [0.15, 0.2) is 47.6 Å². The average Bonchev–Trinajstić information content (AvgIpc) is 2.51. The maximum absolute atomic E-state index is 13.4. The highest BCUT2D eigenvalue weighted by Crippen LogP contribution is 2.28. The van der Waals surface area contributed by atoms with Crippen molar-refractivity contribution in [1.29, 1.82) is 0 Å². The second-order valence-electron chi connectivity index (χ2n) is 4.59.